The van der Waals surface area contributed by atoms with Crippen LogP contribution in [0, 0.1) is 5.92 Å². The van der Waals surface area contributed by atoms with E-state index < -0.39 is 0 Å². The Balaban J connectivity index is 2.20. The average Bonchev–Trinajstić information content (AvgIpc) is 2.35. The maximum absolute atomic E-state index is 6.24. The summed E-state index contributed by atoms with van der Waals surface area (Å²) >= 11 is 8.18. The van der Waals surface area contributed by atoms with Crippen molar-refractivity contribution in [3.63, 3.8) is 0 Å². The van der Waals surface area contributed by atoms with E-state index in [0.717, 1.165) is 22.2 Å². The van der Waals surface area contributed by atoms with Crippen LogP contribution in [0.15, 0.2) is 30.3 Å². The van der Waals surface area contributed by atoms with E-state index in [2.05, 4.69) is 37.9 Å². The highest BCUT2D eigenvalue weighted by molar-refractivity contribution is 7.99. The number of thioether (sulfide) groups is 1. The molecule has 0 saturated carbocycles. The molecule has 0 amide bonds. The predicted molar refractivity (Wildman–Crippen MR) is 82.3 cm³/mol. The van der Waals surface area contributed by atoms with Crippen LogP contribution in [0.5, 0.6) is 0 Å². The first-order valence-electron chi connectivity index (χ1n) is 6.23. The zero-order valence-corrected chi connectivity index (χ0v) is 12.6. The molecule has 0 saturated heterocycles. The fourth-order valence-electron chi connectivity index (χ4n) is 1.65. The maximum atomic E-state index is 6.24. The third-order valence-corrected chi connectivity index (χ3v) is 5.07. The van der Waals surface area contributed by atoms with Crippen LogP contribution >= 0.6 is 23.4 Å². The van der Waals surface area contributed by atoms with E-state index in [9.17, 15) is 0 Å². The van der Waals surface area contributed by atoms with Gasteiger partial charge >= 0.3 is 0 Å². The molecule has 2 rings (SSSR count). The van der Waals surface area contributed by atoms with Crippen molar-refractivity contribution in [1.29, 1.82) is 0 Å². The molecular weight excluding hydrogens is 262 g/mol. The molecule has 18 heavy (non-hydrogen) atoms. The zero-order chi connectivity index (χ0) is 13.1. The van der Waals surface area contributed by atoms with Crippen LogP contribution in [-0.4, -0.2) is 10.2 Å². The van der Waals surface area contributed by atoms with E-state index in [-0.39, 0.29) is 0 Å². The highest BCUT2D eigenvalue weighted by Gasteiger charge is 2.10. The number of aromatic nitrogens is 1. The summed E-state index contributed by atoms with van der Waals surface area (Å²) in [5.74, 6) is 1.61. The van der Waals surface area contributed by atoms with Crippen molar-refractivity contribution in [2.24, 2.45) is 5.92 Å². The molecular formula is C15H18ClNS. The average molecular weight is 280 g/mol. The number of benzene rings is 1. The highest BCUT2D eigenvalue weighted by atomic mass is 35.5. The van der Waals surface area contributed by atoms with Gasteiger partial charge in [0.1, 0.15) is 5.15 Å². The van der Waals surface area contributed by atoms with Gasteiger partial charge in [-0.1, -0.05) is 50.6 Å². The van der Waals surface area contributed by atoms with E-state index >= 15 is 0 Å². The Morgan fingerprint density at radius 3 is 2.67 bits per heavy atom. The van der Waals surface area contributed by atoms with Gasteiger partial charge < -0.3 is 0 Å². The molecule has 1 nitrogen and oxygen atoms in total. The van der Waals surface area contributed by atoms with Crippen molar-refractivity contribution in [2.75, 3.05) is 0 Å². The first-order valence-corrected chi connectivity index (χ1v) is 7.66. The van der Waals surface area contributed by atoms with E-state index in [4.69, 9.17) is 11.6 Å². The molecule has 0 aliphatic rings. The van der Waals surface area contributed by atoms with Crippen LogP contribution in [0.4, 0.5) is 0 Å². The second kappa shape index (κ2) is 5.94. The summed E-state index contributed by atoms with van der Waals surface area (Å²) in [6.45, 7) is 6.76. The van der Waals surface area contributed by atoms with Gasteiger partial charge in [-0.3, -0.25) is 0 Å². The Bertz CT molecular complexity index is 539. The van der Waals surface area contributed by atoms with Gasteiger partial charge in [0.15, 0.2) is 0 Å². The fourth-order valence-corrected chi connectivity index (χ4v) is 2.99. The lowest BCUT2D eigenvalue weighted by atomic mass is 10.1. The number of para-hydroxylation sites is 1. The summed E-state index contributed by atoms with van der Waals surface area (Å²) in [7, 11) is 0. The number of fused-ring (bicyclic) bond motifs is 1. The van der Waals surface area contributed by atoms with Crippen molar-refractivity contribution in [3.8, 4) is 0 Å². The van der Waals surface area contributed by atoms with Crippen LogP contribution in [0.2, 0.25) is 5.15 Å². The molecule has 1 aromatic carbocycles. The minimum Gasteiger partial charge on any atom is -0.236 e. The minimum atomic E-state index is 0.632. The summed E-state index contributed by atoms with van der Waals surface area (Å²) in [6, 6.07) is 10.3. The third kappa shape index (κ3) is 3.18. The topological polar surface area (TPSA) is 12.9 Å². The van der Waals surface area contributed by atoms with Gasteiger partial charge in [0, 0.05) is 22.0 Å². The Kier molecular flexibility index (Phi) is 4.52. The number of hydrogen-bond acceptors (Lipinski definition) is 2. The fraction of sp³-hybridized carbons (Fsp3) is 0.400. The van der Waals surface area contributed by atoms with E-state index in [0.29, 0.717) is 16.3 Å². The van der Waals surface area contributed by atoms with Crippen LogP contribution in [0.3, 0.4) is 0 Å². The second-order valence-corrected chi connectivity index (χ2v) is 6.61. The number of pyridine rings is 1. The Labute approximate surface area is 118 Å². The van der Waals surface area contributed by atoms with Gasteiger partial charge in [-0.15, -0.1) is 0 Å². The lowest BCUT2D eigenvalue weighted by Gasteiger charge is -2.15. The van der Waals surface area contributed by atoms with Crippen molar-refractivity contribution in [1.82, 2.24) is 4.98 Å². The molecule has 0 aliphatic carbocycles. The quantitative estimate of drug-likeness (QED) is 0.717. The minimum absolute atomic E-state index is 0.632. The van der Waals surface area contributed by atoms with Gasteiger partial charge in [0.05, 0.1) is 5.52 Å². The smallest absolute Gasteiger partial charge is 0.133 e. The SMILES string of the molecule is CC(C)C(C)SCc1cc2ccccc2nc1Cl. The Morgan fingerprint density at radius 2 is 1.94 bits per heavy atom. The summed E-state index contributed by atoms with van der Waals surface area (Å²) in [5, 5.41) is 2.43. The lowest BCUT2D eigenvalue weighted by Crippen LogP contribution is -2.06. The summed E-state index contributed by atoms with van der Waals surface area (Å²) < 4.78 is 0. The Hall–Kier alpha value is -0.730. The number of rotatable bonds is 4. The predicted octanol–water partition coefficient (Wildman–Crippen LogP) is 5.17. The van der Waals surface area contributed by atoms with Crippen LogP contribution in [0.1, 0.15) is 26.3 Å². The molecule has 0 fully saturated rings. The molecule has 0 bridgehead atoms. The van der Waals surface area contributed by atoms with Gasteiger partial charge in [-0.25, -0.2) is 4.98 Å². The maximum Gasteiger partial charge on any atom is 0.133 e. The number of nitrogens with zero attached hydrogens (tertiary/aromatic N) is 1. The van der Waals surface area contributed by atoms with Crippen LogP contribution in [-0.2, 0) is 5.75 Å². The van der Waals surface area contributed by atoms with Crippen molar-refractivity contribution in [2.45, 2.75) is 31.8 Å². The molecule has 0 radical (unpaired) electrons. The standard InChI is InChI=1S/C15H18ClNS/c1-10(2)11(3)18-9-13-8-12-6-4-5-7-14(12)17-15(13)16/h4-8,10-11H,9H2,1-3H3. The number of hydrogen-bond donors (Lipinski definition) is 0. The number of halogens is 1. The molecule has 0 spiro atoms. The van der Waals surface area contributed by atoms with Gasteiger partial charge in [-0.2, -0.15) is 11.8 Å². The molecule has 1 heterocycles. The largest absolute Gasteiger partial charge is 0.236 e. The van der Waals surface area contributed by atoms with Gasteiger partial charge in [0.25, 0.3) is 0 Å². The summed E-state index contributed by atoms with van der Waals surface area (Å²) in [4.78, 5) is 4.45. The molecule has 1 atom stereocenters. The van der Waals surface area contributed by atoms with E-state index in [1.54, 1.807) is 0 Å². The first kappa shape index (κ1) is 13.7. The Morgan fingerprint density at radius 1 is 1.22 bits per heavy atom. The normalized spacial score (nSPS) is 13.2. The molecule has 96 valence electrons. The molecule has 1 unspecified atom stereocenters. The molecule has 2 aromatic rings. The summed E-state index contributed by atoms with van der Waals surface area (Å²) in [6.07, 6.45) is 0. The highest BCUT2D eigenvalue weighted by Crippen LogP contribution is 2.28. The monoisotopic (exact) mass is 279 g/mol. The van der Waals surface area contributed by atoms with Crippen molar-refractivity contribution in [3.05, 3.63) is 41.0 Å². The molecule has 0 N–H and O–H groups in total. The second-order valence-electron chi connectivity index (χ2n) is 4.89. The van der Waals surface area contributed by atoms with E-state index in [1.807, 2.05) is 30.0 Å². The first-order chi connectivity index (χ1) is 8.58. The van der Waals surface area contributed by atoms with Crippen molar-refractivity contribution >= 4 is 34.3 Å². The lowest BCUT2D eigenvalue weighted by molar-refractivity contribution is 0.642. The molecule has 1 aromatic heterocycles. The van der Waals surface area contributed by atoms with Gasteiger partial charge in [0.2, 0.25) is 0 Å². The van der Waals surface area contributed by atoms with Gasteiger partial charge in [-0.05, 0) is 18.1 Å². The zero-order valence-electron chi connectivity index (χ0n) is 11.0. The van der Waals surface area contributed by atoms with Crippen LogP contribution in [0.25, 0.3) is 10.9 Å². The molecule has 3 heteroatoms. The molecule has 0 aliphatic heterocycles. The summed E-state index contributed by atoms with van der Waals surface area (Å²) in [5.41, 5.74) is 2.10. The third-order valence-electron chi connectivity index (χ3n) is 3.19. The van der Waals surface area contributed by atoms with E-state index in [1.165, 1.54) is 0 Å². The van der Waals surface area contributed by atoms with Crippen LogP contribution < -0.4 is 0 Å². The van der Waals surface area contributed by atoms with Crippen molar-refractivity contribution < 1.29 is 0 Å².